The maximum atomic E-state index is 13.2. The standard InChI is InChI=1S/C17H31N7O5S2/c18-9(7-30)13(25)22-10(3-1-5-21-17(19)20)15(27)24-6-2-4-12(24)14(26)23-11(8-31)16(28)29/h9-12,30-31H,1-8,18H2,(H,22,25)(H,23,26)(H,28,29)(H4,19,20,21). The third-order valence-electron chi connectivity index (χ3n) is 4.73. The van der Waals surface area contributed by atoms with Crippen LogP contribution in [-0.2, 0) is 19.2 Å². The fourth-order valence-electron chi connectivity index (χ4n) is 3.08. The van der Waals surface area contributed by atoms with Crippen LogP contribution in [0.3, 0.4) is 0 Å². The Bertz CT molecular complexity index is 690. The molecule has 0 aromatic rings. The molecular formula is C17H31N7O5S2. The van der Waals surface area contributed by atoms with Crippen LogP contribution in [0.2, 0.25) is 0 Å². The van der Waals surface area contributed by atoms with Crippen molar-refractivity contribution in [3.8, 4) is 0 Å². The van der Waals surface area contributed by atoms with Crippen molar-refractivity contribution in [1.82, 2.24) is 15.5 Å². The number of aliphatic carboxylic acids is 1. The first-order valence-electron chi connectivity index (χ1n) is 9.79. The van der Waals surface area contributed by atoms with Gasteiger partial charge in [0, 0.05) is 24.6 Å². The van der Waals surface area contributed by atoms with Crippen molar-refractivity contribution in [2.24, 2.45) is 22.2 Å². The maximum Gasteiger partial charge on any atom is 0.327 e. The molecule has 1 rings (SSSR count). The molecule has 0 aromatic carbocycles. The highest BCUT2D eigenvalue weighted by molar-refractivity contribution is 7.80. The van der Waals surface area contributed by atoms with Gasteiger partial charge in [-0.05, 0) is 25.7 Å². The smallest absolute Gasteiger partial charge is 0.327 e. The Labute approximate surface area is 191 Å². The van der Waals surface area contributed by atoms with Crippen molar-refractivity contribution in [3.63, 3.8) is 0 Å². The minimum absolute atomic E-state index is 0.0857. The van der Waals surface area contributed by atoms with E-state index in [-0.39, 0.29) is 30.4 Å². The van der Waals surface area contributed by atoms with E-state index in [0.29, 0.717) is 25.8 Å². The molecule has 1 aliphatic heterocycles. The summed E-state index contributed by atoms with van der Waals surface area (Å²) >= 11 is 7.92. The third kappa shape index (κ3) is 8.45. The van der Waals surface area contributed by atoms with Crippen LogP contribution in [0.1, 0.15) is 25.7 Å². The minimum atomic E-state index is -1.22. The van der Waals surface area contributed by atoms with Crippen LogP contribution in [0.4, 0.5) is 0 Å². The molecule has 9 N–H and O–H groups in total. The average Bonchev–Trinajstić information content (AvgIpc) is 3.22. The van der Waals surface area contributed by atoms with Crippen molar-refractivity contribution < 1.29 is 24.3 Å². The molecule has 4 atom stereocenters. The number of amides is 3. The van der Waals surface area contributed by atoms with E-state index >= 15 is 0 Å². The van der Waals surface area contributed by atoms with Gasteiger partial charge in [-0.1, -0.05) is 0 Å². The fourth-order valence-corrected chi connectivity index (χ4v) is 3.49. The summed E-state index contributed by atoms with van der Waals surface area (Å²) < 4.78 is 0. The molecule has 0 spiro atoms. The Balaban J connectivity index is 2.93. The van der Waals surface area contributed by atoms with Gasteiger partial charge in [-0.3, -0.25) is 19.4 Å². The highest BCUT2D eigenvalue weighted by atomic mass is 32.1. The summed E-state index contributed by atoms with van der Waals surface area (Å²) in [5.74, 6) is -2.88. The van der Waals surface area contributed by atoms with Gasteiger partial charge in [0.1, 0.15) is 18.1 Å². The number of rotatable bonds is 12. The Morgan fingerprint density at radius 2 is 1.81 bits per heavy atom. The number of nitrogens with one attached hydrogen (secondary N) is 2. The second kappa shape index (κ2) is 13.3. The SMILES string of the molecule is NC(N)=NCCCC(NC(=O)C(N)CS)C(=O)N1CCCC1C(=O)NC(CS)C(=O)O. The summed E-state index contributed by atoms with van der Waals surface area (Å²) in [5, 5.41) is 14.1. The first-order chi connectivity index (χ1) is 14.6. The van der Waals surface area contributed by atoms with Gasteiger partial charge in [0.2, 0.25) is 17.7 Å². The number of carbonyl (C=O) groups is 4. The molecule has 0 radical (unpaired) electrons. The molecule has 14 heteroatoms. The van der Waals surface area contributed by atoms with Crippen LogP contribution < -0.4 is 27.8 Å². The first-order valence-corrected chi connectivity index (χ1v) is 11.1. The summed E-state index contributed by atoms with van der Waals surface area (Å²) in [6, 6.07) is -3.86. The predicted octanol–water partition coefficient (Wildman–Crippen LogP) is -2.73. The summed E-state index contributed by atoms with van der Waals surface area (Å²) in [6.07, 6.45) is 1.56. The molecule has 1 saturated heterocycles. The number of carboxylic acids is 1. The van der Waals surface area contributed by atoms with Gasteiger partial charge in [-0.15, -0.1) is 0 Å². The van der Waals surface area contributed by atoms with E-state index in [4.69, 9.17) is 22.3 Å². The van der Waals surface area contributed by atoms with E-state index in [1.807, 2.05) is 0 Å². The summed E-state index contributed by atoms with van der Waals surface area (Å²) in [7, 11) is 0. The number of carbonyl (C=O) groups excluding carboxylic acids is 3. The summed E-state index contributed by atoms with van der Waals surface area (Å²) in [6.45, 7) is 0.557. The number of hydrogen-bond acceptors (Lipinski definition) is 8. The summed E-state index contributed by atoms with van der Waals surface area (Å²) in [5.41, 5.74) is 16.3. The molecule has 176 valence electrons. The molecule has 1 fully saturated rings. The zero-order valence-corrected chi connectivity index (χ0v) is 18.9. The van der Waals surface area contributed by atoms with E-state index in [0.717, 1.165) is 0 Å². The lowest BCUT2D eigenvalue weighted by Gasteiger charge is -2.29. The lowest BCUT2D eigenvalue weighted by molar-refractivity contribution is -0.144. The minimum Gasteiger partial charge on any atom is -0.480 e. The van der Waals surface area contributed by atoms with Gasteiger partial charge in [-0.25, -0.2) is 4.79 Å². The van der Waals surface area contributed by atoms with Crippen molar-refractivity contribution in [2.75, 3.05) is 24.6 Å². The summed E-state index contributed by atoms with van der Waals surface area (Å²) in [4.78, 5) is 54.4. The highest BCUT2D eigenvalue weighted by Crippen LogP contribution is 2.20. The second-order valence-corrected chi connectivity index (χ2v) is 7.80. The van der Waals surface area contributed by atoms with Crippen LogP contribution in [0.15, 0.2) is 4.99 Å². The van der Waals surface area contributed by atoms with E-state index in [1.54, 1.807) is 0 Å². The number of likely N-dealkylation sites (tertiary alicyclic amines) is 1. The molecule has 0 saturated carbocycles. The lowest BCUT2D eigenvalue weighted by Crippen LogP contribution is -2.57. The van der Waals surface area contributed by atoms with Gasteiger partial charge in [0.05, 0.1) is 6.04 Å². The van der Waals surface area contributed by atoms with Crippen LogP contribution >= 0.6 is 25.3 Å². The predicted molar refractivity (Wildman–Crippen MR) is 122 cm³/mol. The van der Waals surface area contributed by atoms with Crippen LogP contribution in [-0.4, -0.2) is 88.4 Å². The number of nitrogens with two attached hydrogens (primary N) is 3. The van der Waals surface area contributed by atoms with Gasteiger partial charge in [0.25, 0.3) is 0 Å². The van der Waals surface area contributed by atoms with Gasteiger partial charge in [0.15, 0.2) is 5.96 Å². The molecule has 1 heterocycles. The van der Waals surface area contributed by atoms with E-state index in [9.17, 15) is 19.2 Å². The van der Waals surface area contributed by atoms with Gasteiger partial charge in [-0.2, -0.15) is 25.3 Å². The number of aliphatic imine (C=N–C) groups is 1. The van der Waals surface area contributed by atoms with Crippen molar-refractivity contribution in [3.05, 3.63) is 0 Å². The first kappa shape index (κ1) is 26.8. The quantitative estimate of drug-likeness (QED) is 0.0639. The van der Waals surface area contributed by atoms with Crippen molar-refractivity contribution in [2.45, 2.75) is 49.9 Å². The van der Waals surface area contributed by atoms with E-state index in [1.165, 1.54) is 4.90 Å². The number of hydrogen-bond donors (Lipinski definition) is 8. The van der Waals surface area contributed by atoms with Crippen molar-refractivity contribution in [1.29, 1.82) is 0 Å². The van der Waals surface area contributed by atoms with Crippen LogP contribution in [0.5, 0.6) is 0 Å². The molecule has 4 unspecified atom stereocenters. The molecule has 1 aliphatic rings. The normalized spacial score (nSPS) is 18.5. The molecular weight excluding hydrogens is 446 g/mol. The largest absolute Gasteiger partial charge is 0.480 e. The molecule has 3 amide bonds. The van der Waals surface area contributed by atoms with Crippen LogP contribution in [0.25, 0.3) is 0 Å². The van der Waals surface area contributed by atoms with Crippen molar-refractivity contribution >= 4 is 54.9 Å². The van der Waals surface area contributed by atoms with E-state index in [2.05, 4.69) is 40.9 Å². The van der Waals surface area contributed by atoms with Gasteiger partial charge >= 0.3 is 5.97 Å². The number of guanidine groups is 1. The van der Waals surface area contributed by atoms with Crippen LogP contribution in [0, 0.1) is 0 Å². The molecule has 0 bridgehead atoms. The Kier molecular flexibility index (Phi) is 11.5. The number of thiol groups is 2. The second-order valence-electron chi connectivity index (χ2n) is 7.07. The topological polar surface area (TPSA) is 206 Å². The van der Waals surface area contributed by atoms with E-state index < -0.39 is 47.9 Å². The molecule has 0 aliphatic carbocycles. The maximum absolute atomic E-state index is 13.2. The molecule has 0 aromatic heterocycles. The average molecular weight is 478 g/mol. The highest BCUT2D eigenvalue weighted by Gasteiger charge is 2.38. The Morgan fingerprint density at radius 3 is 2.35 bits per heavy atom. The van der Waals surface area contributed by atoms with Gasteiger partial charge < -0.3 is 37.8 Å². The lowest BCUT2D eigenvalue weighted by atomic mass is 10.1. The fraction of sp³-hybridized carbons (Fsp3) is 0.706. The third-order valence-corrected chi connectivity index (χ3v) is 5.49. The molecule has 31 heavy (non-hydrogen) atoms. The number of carboxylic acid groups (broad SMARTS) is 1. The Morgan fingerprint density at radius 1 is 1.13 bits per heavy atom. The zero-order chi connectivity index (χ0) is 23.6. The zero-order valence-electron chi connectivity index (χ0n) is 17.1. The molecule has 12 nitrogen and oxygen atoms in total. The monoisotopic (exact) mass is 477 g/mol. The number of nitrogens with zero attached hydrogens (tertiary/aromatic N) is 2. The Hall–Kier alpha value is -2.19.